The van der Waals surface area contributed by atoms with Gasteiger partial charge in [0, 0.05) is 19.6 Å². The number of nitrogens with one attached hydrogen (secondary N) is 2. The average Bonchev–Trinajstić information content (AvgIpc) is 3.41. The van der Waals surface area contributed by atoms with E-state index < -0.39 is 0 Å². The van der Waals surface area contributed by atoms with Crippen molar-refractivity contribution in [1.82, 2.24) is 25.4 Å². The van der Waals surface area contributed by atoms with E-state index in [1.54, 1.807) is 0 Å². The Kier molecular flexibility index (Phi) is 9.13. The second kappa shape index (κ2) is 12.0. The molecular weight excluding hydrogens is 515 g/mol. The van der Waals surface area contributed by atoms with E-state index in [1.807, 2.05) is 24.6 Å². The van der Waals surface area contributed by atoms with Crippen molar-refractivity contribution in [2.24, 2.45) is 12.0 Å². The van der Waals surface area contributed by atoms with Gasteiger partial charge in [-0.25, -0.2) is 4.99 Å². The van der Waals surface area contributed by atoms with E-state index in [-0.39, 0.29) is 24.0 Å². The molecule has 3 aromatic rings. The first-order valence-corrected chi connectivity index (χ1v) is 11.2. The fourth-order valence-corrected chi connectivity index (χ4v) is 3.88. The van der Waals surface area contributed by atoms with Crippen LogP contribution in [0.1, 0.15) is 43.8 Å². The number of benzene rings is 2. The Labute approximate surface area is 207 Å². The molecule has 2 aromatic carbocycles. The fourth-order valence-electron chi connectivity index (χ4n) is 3.88. The van der Waals surface area contributed by atoms with Gasteiger partial charge in [-0.15, -0.1) is 34.2 Å². The summed E-state index contributed by atoms with van der Waals surface area (Å²) in [5, 5.41) is 17.8. The summed E-state index contributed by atoms with van der Waals surface area (Å²) < 4.78 is 7.94. The Morgan fingerprint density at radius 1 is 1.12 bits per heavy atom. The Morgan fingerprint density at radius 2 is 1.91 bits per heavy atom. The summed E-state index contributed by atoms with van der Waals surface area (Å²) in [5.41, 5.74) is 0. The Balaban J connectivity index is 0.00000289. The fraction of sp³-hybridized carbons (Fsp3) is 0.458. The number of halogens is 1. The standard InChI is InChI=1S/C24H32N6O.HI/c1-18-28-29-23(30(18)2)17-26-24(27-21-10-5-6-11-21)25-14-7-15-31-22-13-12-19-8-3-4-9-20(19)16-22;/h3-4,8-9,12-13,16,21H,5-7,10-11,14-15,17H2,1-2H3,(H2,25,26,27);1H. The first-order chi connectivity index (χ1) is 15.2. The molecule has 0 bridgehead atoms. The van der Waals surface area contributed by atoms with Gasteiger partial charge in [0.25, 0.3) is 0 Å². The van der Waals surface area contributed by atoms with Crippen LogP contribution in [0.4, 0.5) is 0 Å². The highest BCUT2D eigenvalue weighted by atomic mass is 127. The van der Waals surface area contributed by atoms with Gasteiger partial charge >= 0.3 is 0 Å². The van der Waals surface area contributed by atoms with Crippen molar-refractivity contribution in [2.75, 3.05) is 13.2 Å². The highest BCUT2D eigenvalue weighted by Gasteiger charge is 2.16. The summed E-state index contributed by atoms with van der Waals surface area (Å²) in [7, 11) is 1.97. The number of aromatic nitrogens is 3. The molecule has 7 nitrogen and oxygen atoms in total. The number of hydrogen-bond donors (Lipinski definition) is 2. The summed E-state index contributed by atoms with van der Waals surface area (Å²) in [6, 6.07) is 15.1. The number of guanidine groups is 1. The minimum atomic E-state index is 0. The van der Waals surface area contributed by atoms with Gasteiger partial charge in [0.05, 0.1) is 6.61 Å². The van der Waals surface area contributed by atoms with Crippen LogP contribution in [-0.4, -0.2) is 39.9 Å². The van der Waals surface area contributed by atoms with Gasteiger partial charge in [-0.2, -0.15) is 0 Å². The lowest BCUT2D eigenvalue weighted by Crippen LogP contribution is -2.43. The zero-order chi connectivity index (χ0) is 21.5. The molecule has 0 unspecified atom stereocenters. The molecular formula is C24H33IN6O. The zero-order valence-electron chi connectivity index (χ0n) is 18.9. The van der Waals surface area contributed by atoms with Crippen LogP contribution >= 0.6 is 24.0 Å². The van der Waals surface area contributed by atoms with Crippen LogP contribution in [0.15, 0.2) is 47.5 Å². The van der Waals surface area contributed by atoms with Crippen LogP contribution in [0.5, 0.6) is 5.75 Å². The molecule has 0 aliphatic heterocycles. The summed E-state index contributed by atoms with van der Waals surface area (Å²) in [6.07, 6.45) is 5.87. The molecule has 1 saturated carbocycles. The van der Waals surface area contributed by atoms with Gasteiger partial charge in [0.15, 0.2) is 11.8 Å². The van der Waals surface area contributed by atoms with Crippen LogP contribution in [-0.2, 0) is 13.6 Å². The topological polar surface area (TPSA) is 76.4 Å². The van der Waals surface area contributed by atoms with Gasteiger partial charge in [0.1, 0.15) is 18.1 Å². The lowest BCUT2D eigenvalue weighted by Gasteiger charge is -2.17. The Bertz CT molecular complexity index is 1030. The zero-order valence-corrected chi connectivity index (χ0v) is 21.2. The number of ether oxygens (including phenoxy) is 1. The van der Waals surface area contributed by atoms with Crippen molar-refractivity contribution in [3.63, 3.8) is 0 Å². The minimum absolute atomic E-state index is 0. The normalized spacial score (nSPS) is 14.4. The molecule has 1 heterocycles. The highest BCUT2D eigenvalue weighted by Crippen LogP contribution is 2.20. The van der Waals surface area contributed by atoms with Crippen LogP contribution in [0.3, 0.4) is 0 Å². The smallest absolute Gasteiger partial charge is 0.191 e. The molecule has 0 saturated heterocycles. The van der Waals surface area contributed by atoms with E-state index >= 15 is 0 Å². The Hall–Kier alpha value is -2.36. The maximum absolute atomic E-state index is 5.96. The molecule has 2 N–H and O–H groups in total. The van der Waals surface area contributed by atoms with Crippen LogP contribution in [0.25, 0.3) is 10.8 Å². The monoisotopic (exact) mass is 548 g/mol. The first kappa shape index (κ1) is 24.3. The summed E-state index contributed by atoms with van der Waals surface area (Å²) >= 11 is 0. The molecule has 4 rings (SSSR count). The predicted octanol–water partition coefficient (Wildman–Crippen LogP) is 4.34. The van der Waals surface area contributed by atoms with Crippen LogP contribution in [0, 0.1) is 6.92 Å². The molecule has 1 fully saturated rings. The van der Waals surface area contributed by atoms with Crippen molar-refractivity contribution in [3.05, 3.63) is 54.1 Å². The molecule has 0 radical (unpaired) electrons. The van der Waals surface area contributed by atoms with Crippen LogP contribution < -0.4 is 15.4 Å². The molecule has 1 aromatic heterocycles. The SMILES string of the molecule is Cc1nnc(CN=C(NCCCOc2ccc3ccccc3c2)NC2CCCC2)n1C.I. The van der Waals surface area contributed by atoms with Gasteiger partial charge in [-0.1, -0.05) is 43.2 Å². The first-order valence-electron chi connectivity index (χ1n) is 11.2. The third-order valence-electron chi connectivity index (χ3n) is 5.86. The number of aliphatic imine (C=N–C) groups is 1. The number of fused-ring (bicyclic) bond motifs is 1. The molecule has 172 valence electrons. The summed E-state index contributed by atoms with van der Waals surface area (Å²) in [6.45, 7) is 3.91. The molecule has 1 aliphatic carbocycles. The van der Waals surface area contributed by atoms with E-state index in [0.717, 1.165) is 36.3 Å². The van der Waals surface area contributed by atoms with Gasteiger partial charge in [0.2, 0.25) is 0 Å². The van der Waals surface area contributed by atoms with Crippen molar-refractivity contribution in [3.8, 4) is 5.75 Å². The van der Waals surface area contributed by atoms with Crippen molar-refractivity contribution >= 4 is 40.7 Å². The second-order valence-corrected chi connectivity index (χ2v) is 8.15. The Morgan fingerprint density at radius 3 is 2.66 bits per heavy atom. The van der Waals surface area contributed by atoms with E-state index in [1.165, 1.54) is 36.5 Å². The van der Waals surface area contributed by atoms with E-state index in [0.29, 0.717) is 19.2 Å². The van der Waals surface area contributed by atoms with Crippen LogP contribution in [0.2, 0.25) is 0 Å². The van der Waals surface area contributed by atoms with Crippen molar-refractivity contribution in [2.45, 2.75) is 51.6 Å². The van der Waals surface area contributed by atoms with E-state index in [2.05, 4.69) is 57.2 Å². The van der Waals surface area contributed by atoms with Gasteiger partial charge < -0.3 is 19.9 Å². The number of nitrogens with zero attached hydrogens (tertiary/aromatic N) is 4. The summed E-state index contributed by atoms with van der Waals surface area (Å²) in [4.78, 5) is 4.75. The average molecular weight is 548 g/mol. The van der Waals surface area contributed by atoms with Crippen molar-refractivity contribution in [1.29, 1.82) is 0 Å². The number of rotatable bonds is 8. The second-order valence-electron chi connectivity index (χ2n) is 8.15. The molecule has 0 spiro atoms. The molecule has 8 heteroatoms. The number of hydrogen-bond acceptors (Lipinski definition) is 4. The van der Waals surface area contributed by atoms with E-state index in [9.17, 15) is 0 Å². The predicted molar refractivity (Wildman–Crippen MR) is 140 cm³/mol. The van der Waals surface area contributed by atoms with Crippen molar-refractivity contribution < 1.29 is 4.74 Å². The molecule has 0 amide bonds. The largest absolute Gasteiger partial charge is 0.494 e. The maximum Gasteiger partial charge on any atom is 0.191 e. The van der Waals surface area contributed by atoms with Gasteiger partial charge in [-0.05, 0) is 49.1 Å². The molecule has 1 aliphatic rings. The molecule has 0 atom stereocenters. The maximum atomic E-state index is 5.96. The lowest BCUT2D eigenvalue weighted by molar-refractivity contribution is 0.311. The summed E-state index contributed by atoms with van der Waals surface area (Å²) in [5.74, 6) is 3.52. The van der Waals surface area contributed by atoms with E-state index in [4.69, 9.17) is 9.73 Å². The minimum Gasteiger partial charge on any atom is -0.494 e. The molecule has 32 heavy (non-hydrogen) atoms. The van der Waals surface area contributed by atoms with Gasteiger partial charge in [-0.3, -0.25) is 0 Å². The third kappa shape index (κ3) is 6.57. The third-order valence-corrected chi connectivity index (χ3v) is 5.86. The number of aryl methyl sites for hydroxylation is 1. The quantitative estimate of drug-likeness (QED) is 0.190. The lowest BCUT2D eigenvalue weighted by atomic mass is 10.1. The highest BCUT2D eigenvalue weighted by molar-refractivity contribution is 14.0.